The summed E-state index contributed by atoms with van der Waals surface area (Å²) in [7, 11) is 0. The number of nitrogens with one attached hydrogen (secondary N) is 1. The number of ether oxygens (including phenoxy) is 1. The van der Waals surface area contributed by atoms with Gasteiger partial charge < -0.3 is 10.1 Å². The third kappa shape index (κ3) is 3.66. The first-order valence-electron chi connectivity index (χ1n) is 5.50. The van der Waals surface area contributed by atoms with E-state index in [1.165, 1.54) is 0 Å². The van der Waals surface area contributed by atoms with Gasteiger partial charge in [0.15, 0.2) is 0 Å². The van der Waals surface area contributed by atoms with Crippen molar-refractivity contribution >= 4 is 44.4 Å². The third-order valence-electron chi connectivity index (χ3n) is 2.67. The number of hydrogen-bond donors (Lipinski definition) is 1. The summed E-state index contributed by atoms with van der Waals surface area (Å²) in [5, 5.41) is 3.01. The van der Waals surface area contributed by atoms with E-state index in [1.54, 1.807) is 0 Å². The molecule has 1 aliphatic rings. The molecular formula is C12H13BrINO2. The van der Waals surface area contributed by atoms with E-state index in [2.05, 4.69) is 43.8 Å². The van der Waals surface area contributed by atoms with Crippen LogP contribution in [0.25, 0.3) is 0 Å². The van der Waals surface area contributed by atoms with E-state index < -0.39 is 0 Å². The van der Waals surface area contributed by atoms with Gasteiger partial charge in [-0.25, -0.2) is 0 Å². The topological polar surface area (TPSA) is 38.3 Å². The summed E-state index contributed by atoms with van der Waals surface area (Å²) in [4.78, 5) is 12.1. The third-order valence-corrected chi connectivity index (χ3v) is 4.10. The molecule has 17 heavy (non-hydrogen) atoms. The van der Waals surface area contributed by atoms with Gasteiger partial charge in [-0.05, 0) is 53.6 Å². The molecule has 0 spiro atoms. The van der Waals surface area contributed by atoms with Crippen LogP contribution in [0, 0.1) is 3.57 Å². The Hall–Kier alpha value is -0.140. The Morgan fingerprint density at radius 3 is 3.06 bits per heavy atom. The van der Waals surface area contributed by atoms with Crippen molar-refractivity contribution in [3.8, 4) is 0 Å². The van der Waals surface area contributed by atoms with E-state index >= 15 is 0 Å². The van der Waals surface area contributed by atoms with E-state index in [0.717, 1.165) is 27.5 Å². The number of halogens is 2. The number of hydrogen-bond acceptors (Lipinski definition) is 2. The van der Waals surface area contributed by atoms with E-state index in [1.807, 2.05) is 18.2 Å². The zero-order chi connectivity index (χ0) is 12.3. The summed E-state index contributed by atoms with van der Waals surface area (Å²) < 4.78 is 7.22. The van der Waals surface area contributed by atoms with Crippen LogP contribution in [0.1, 0.15) is 23.2 Å². The zero-order valence-corrected chi connectivity index (χ0v) is 13.0. The largest absolute Gasteiger partial charge is 0.379 e. The maximum Gasteiger partial charge on any atom is 0.252 e. The van der Waals surface area contributed by atoms with Crippen molar-refractivity contribution in [1.82, 2.24) is 5.32 Å². The first-order valence-corrected chi connectivity index (χ1v) is 7.37. The Labute approximate surface area is 123 Å². The molecule has 1 saturated heterocycles. The predicted molar refractivity (Wildman–Crippen MR) is 78.2 cm³/mol. The highest BCUT2D eigenvalue weighted by Crippen LogP contribution is 2.19. The molecule has 1 aromatic carbocycles. The Balaban J connectivity index is 2.05. The van der Waals surface area contributed by atoms with Crippen LogP contribution in [0.5, 0.6) is 0 Å². The Morgan fingerprint density at radius 1 is 1.53 bits per heavy atom. The smallest absolute Gasteiger partial charge is 0.252 e. The molecule has 0 aromatic heterocycles. The molecule has 1 unspecified atom stereocenters. The number of rotatable bonds is 2. The number of carbonyl (C=O) groups is 1. The van der Waals surface area contributed by atoms with Crippen molar-refractivity contribution in [3.63, 3.8) is 0 Å². The van der Waals surface area contributed by atoms with Crippen LogP contribution in [0.3, 0.4) is 0 Å². The van der Waals surface area contributed by atoms with Gasteiger partial charge in [0.25, 0.3) is 5.91 Å². The van der Waals surface area contributed by atoms with Crippen LogP contribution >= 0.6 is 38.5 Å². The van der Waals surface area contributed by atoms with Gasteiger partial charge in [-0.15, -0.1) is 0 Å². The predicted octanol–water partition coefficient (Wildman–Crippen LogP) is 2.96. The SMILES string of the molecule is O=C(NC1CCCOC1)c1cc(Br)ccc1I. The van der Waals surface area contributed by atoms with Gasteiger partial charge in [0.05, 0.1) is 18.2 Å². The molecule has 1 aliphatic heterocycles. The molecule has 0 saturated carbocycles. The molecule has 1 amide bonds. The standard InChI is InChI=1S/C12H13BrINO2/c13-8-3-4-11(14)10(6-8)12(16)15-9-2-1-5-17-7-9/h3-4,6,9H,1-2,5,7H2,(H,15,16). The molecule has 1 aromatic rings. The lowest BCUT2D eigenvalue weighted by atomic mass is 10.1. The van der Waals surface area contributed by atoms with E-state index in [4.69, 9.17) is 4.74 Å². The second-order valence-electron chi connectivity index (χ2n) is 4.01. The molecule has 2 rings (SSSR count). The summed E-state index contributed by atoms with van der Waals surface area (Å²) in [5.41, 5.74) is 0.713. The summed E-state index contributed by atoms with van der Waals surface area (Å²) >= 11 is 5.56. The molecule has 0 bridgehead atoms. The normalized spacial score (nSPS) is 20.0. The molecule has 3 nitrogen and oxygen atoms in total. The van der Waals surface area contributed by atoms with Crippen LogP contribution in [0.15, 0.2) is 22.7 Å². The lowest BCUT2D eigenvalue weighted by molar-refractivity contribution is 0.0623. The first kappa shape index (κ1) is 13.3. The minimum Gasteiger partial charge on any atom is -0.379 e. The summed E-state index contributed by atoms with van der Waals surface area (Å²) in [6.45, 7) is 1.43. The number of carbonyl (C=O) groups excluding carboxylic acids is 1. The van der Waals surface area contributed by atoms with Crippen molar-refractivity contribution in [3.05, 3.63) is 31.8 Å². The molecule has 1 heterocycles. The minimum atomic E-state index is -0.0220. The second kappa shape index (κ2) is 6.15. The van der Waals surface area contributed by atoms with E-state index in [-0.39, 0.29) is 11.9 Å². The fourth-order valence-electron chi connectivity index (χ4n) is 1.79. The number of benzene rings is 1. The molecule has 0 aliphatic carbocycles. The van der Waals surface area contributed by atoms with Crippen LogP contribution in [-0.2, 0) is 4.74 Å². The Bertz CT molecular complexity index is 419. The highest BCUT2D eigenvalue weighted by atomic mass is 127. The zero-order valence-electron chi connectivity index (χ0n) is 9.21. The Kier molecular flexibility index (Phi) is 4.81. The van der Waals surface area contributed by atoms with Gasteiger partial charge in [-0.3, -0.25) is 4.79 Å². The molecule has 0 radical (unpaired) electrons. The second-order valence-corrected chi connectivity index (χ2v) is 6.09. The average molecular weight is 410 g/mol. The van der Waals surface area contributed by atoms with E-state index in [0.29, 0.717) is 12.2 Å². The van der Waals surface area contributed by atoms with Gasteiger partial charge in [-0.2, -0.15) is 0 Å². The molecular weight excluding hydrogens is 397 g/mol. The van der Waals surface area contributed by atoms with Gasteiger partial charge >= 0.3 is 0 Å². The monoisotopic (exact) mass is 409 g/mol. The van der Waals surface area contributed by atoms with Crippen molar-refractivity contribution in [2.24, 2.45) is 0 Å². The minimum absolute atomic E-state index is 0.0220. The summed E-state index contributed by atoms with van der Waals surface area (Å²) in [6.07, 6.45) is 2.01. The maximum absolute atomic E-state index is 12.1. The molecule has 1 N–H and O–H groups in total. The Morgan fingerprint density at radius 2 is 2.35 bits per heavy atom. The summed E-state index contributed by atoms with van der Waals surface area (Å²) in [6, 6.07) is 5.85. The lowest BCUT2D eigenvalue weighted by Crippen LogP contribution is -2.40. The first-order chi connectivity index (χ1) is 8.16. The van der Waals surface area contributed by atoms with Gasteiger partial charge in [-0.1, -0.05) is 15.9 Å². The van der Waals surface area contributed by atoms with Gasteiger partial charge in [0, 0.05) is 14.6 Å². The fourth-order valence-corrected chi connectivity index (χ4v) is 2.73. The van der Waals surface area contributed by atoms with Gasteiger partial charge in [0.1, 0.15) is 0 Å². The van der Waals surface area contributed by atoms with Crippen molar-refractivity contribution < 1.29 is 9.53 Å². The average Bonchev–Trinajstić information content (AvgIpc) is 2.33. The molecule has 1 atom stereocenters. The quantitative estimate of drug-likeness (QED) is 0.762. The van der Waals surface area contributed by atoms with Crippen molar-refractivity contribution in [2.75, 3.05) is 13.2 Å². The van der Waals surface area contributed by atoms with Crippen LogP contribution in [0.2, 0.25) is 0 Å². The van der Waals surface area contributed by atoms with Crippen molar-refractivity contribution in [2.45, 2.75) is 18.9 Å². The van der Waals surface area contributed by atoms with Crippen LogP contribution in [-0.4, -0.2) is 25.2 Å². The highest BCUT2D eigenvalue weighted by molar-refractivity contribution is 14.1. The maximum atomic E-state index is 12.1. The van der Waals surface area contributed by atoms with Crippen LogP contribution in [0.4, 0.5) is 0 Å². The van der Waals surface area contributed by atoms with E-state index in [9.17, 15) is 4.79 Å². The fraction of sp³-hybridized carbons (Fsp3) is 0.417. The van der Waals surface area contributed by atoms with Gasteiger partial charge in [0.2, 0.25) is 0 Å². The molecule has 92 valence electrons. The summed E-state index contributed by atoms with van der Waals surface area (Å²) in [5.74, 6) is -0.0220. The van der Waals surface area contributed by atoms with Crippen LogP contribution < -0.4 is 5.32 Å². The number of amides is 1. The highest BCUT2D eigenvalue weighted by Gasteiger charge is 2.18. The molecule has 5 heteroatoms. The molecule has 1 fully saturated rings. The van der Waals surface area contributed by atoms with Crippen molar-refractivity contribution in [1.29, 1.82) is 0 Å². The lowest BCUT2D eigenvalue weighted by Gasteiger charge is -2.23.